The normalized spacial score (nSPS) is 12.4. The second-order valence-corrected chi connectivity index (χ2v) is 3.84. The zero-order valence-electron chi connectivity index (χ0n) is 6.65. The summed E-state index contributed by atoms with van der Waals surface area (Å²) in [6.07, 6.45) is 4.08. The highest BCUT2D eigenvalue weighted by Gasteiger charge is 2.06. The molecule has 0 aliphatic rings. The van der Waals surface area contributed by atoms with Crippen molar-refractivity contribution in [1.29, 1.82) is 0 Å². The standard InChI is InChI=1S/C8H13ClO/c1-8(2,3)6-4-5-7(9)10/h4-5H,6H2,1-3H3/b5-4-. The van der Waals surface area contributed by atoms with E-state index in [0.29, 0.717) is 0 Å². The predicted octanol–water partition coefficient (Wildman–Crippen LogP) is 2.74. The molecule has 0 aromatic rings. The van der Waals surface area contributed by atoms with Gasteiger partial charge in [0.1, 0.15) is 0 Å². The summed E-state index contributed by atoms with van der Waals surface area (Å²) in [6, 6.07) is 0. The maximum Gasteiger partial charge on any atom is 0.244 e. The van der Waals surface area contributed by atoms with Crippen LogP contribution in [0.1, 0.15) is 27.2 Å². The molecule has 58 valence electrons. The van der Waals surface area contributed by atoms with Gasteiger partial charge in [0, 0.05) is 0 Å². The van der Waals surface area contributed by atoms with E-state index in [2.05, 4.69) is 20.8 Å². The van der Waals surface area contributed by atoms with Crippen molar-refractivity contribution in [3.8, 4) is 0 Å². The second-order valence-electron chi connectivity index (χ2n) is 3.47. The van der Waals surface area contributed by atoms with E-state index >= 15 is 0 Å². The highest BCUT2D eigenvalue weighted by Crippen LogP contribution is 2.18. The summed E-state index contributed by atoms with van der Waals surface area (Å²) in [7, 11) is 0. The van der Waals surface area contributed by atoms with E-state index in [4.69, 9.17) is 11.6 Å². The minimum atomic E-state index is -0.399. The summed E-state index contributed by atoms with van der Waals surface area (Å²) in [4.78, 5) is 10.2. The molecular weight excluding hydrogens is 148 g/mol. The van der Waals surface area contributed by atoms with E-state index in [-0.39, 0.29) is 5.41 Å². The SMILES string of the molecule is CC(C)(C)C/C=C\C(=O)Cl. The fourth-order valence-corrected chi connectivity index (χ4v) is 0.594. The minimum absolute atomic E-state index is 0.239. The van der Waals surface area contributed by atoms with Crippen molar-refractivity contribution in [3.05, 3.63) is 12.2 Å². The van der Waals surface area contributed by atoms with Crippen LogP contribution in [-0.4, -0.2) is 5.24 Å². The van der Waals surface area contributed by atoms with Gasteiger partial charge in [0.05, 0.1) is 0 Å². The molecule has 0 aliphatic heterocycles. The Bertz CT molecular complexity index is 142. The Balaban J connectivity index is 3.64. The van der Waals surface area contributed by atoms with Crippen molar-refractivity contribution < 1.29 is 4.79 Å². The molecule has 0 saturated carbocycles. The molecule has 0 rings (SSSR count). The van der Waals surface area contributed by atoms with Gasteiger partial charge in [-0.25, -0.2) is 0 Å². The minimum Gasteiger partial charge on any atom is -0.276 e. The molecule has 0 radical (unpaired) electrons. The fraction of sp³-hybridized carbons (Fsp3) is 0.625. The van der Waals surface area contributed by atoms with Crippen LogP contribution in [-0.2, 0) is 4.79 Å². The van der Waals surface area contributed by atoms with Crippen molar-refractivity contribution in [2.45, 2.75) is 27.2 Å². The number of rotatable bonds is 2. The van der Waals surface area contributed by atoms with Crippen LogP contribution in [0.3, 0.4) is 0 Å². The van der Waals surface area contributed by atoms with Crippen molar-refractivity contribution in [3.63, 3.8) is 0 Å². The molecule has 1 nitrogen and oxygen atoms in total. The molecule has 0 fully saturated rings. The summed E-state index contributed by atoms with van der Waals surface area (Å²) < 4.78 is 0. The molecule has 0 saturated heterocycles. The van der Waals surface area contributed by atoms with E-state index in [1.165, 1.54) is 6.08 Å². The topological polar surface area (TPSA) is 17.1 Å². The van der Waals surface area contributed by atoms with Crippen molar-refractivity contribution >= 4 is 16.8 Å². The Morgan fingerprint density at radius 2 is 2.00 bits per heavy atom. The summed E-state index contributed by atoms with van der Waals surface area (Å²) in [6.45, 7) is 6.32. The number of hydrogen-bond acceptors (Lipinski definition) is 1. The average molecular weight is 161 g/mol. The van der Waals surface area contributed by atoms with Crippen molar-refractivity contribution in [1.82, 2.24) is 0 Å². The quantitative estimate of drug-likeness (QED) is 0.449. The molecule has 0 N–H and O–H groups in total. The molecule has 10 heavy (non-hydrogen) atoms. The molecule has 0 aromatic carbocycles. The summed E-state index contributed by atoms with van der Waals surface area (Å²) in [5, 5.41) is -0.399. The van der Waals surface area contributed by atoms with E-state index in [0.717, 1.165) is 6.42 Å². The second kappa shape index (κ2) is 3.77. The van der Waals surface area contributed by atoms with Crippen LogP contribution in [0.5, 0.6) is 0 Å². The number of hydrogen-bond donors (Lipinski definition) is 0. The molecule has 0 spiro atoms. The molecule has 0 bridgehead atoms. The van der Waals surface area contributed by atoms with Crippen LogP contribution >= 0.6 is 11.6 Å². The highest BCUT2D eigenvalue weighted by atomic mass is 35.5. The number of halogens is 1. The molecule has 0 atom stereocenters. The Morgan fingerprint density at radius 3 is 2.30 bits per heavy atom. The van der Waals surface area contributed by atoms with E-state index < -0.39 is 5.24 Å². The molecular formula is C8H13ClO. The van der Waals surface area contributed by atoms with Crippen molar-refractivity contribution in [2.75, 3.05) is 0 Å². The first kappa shape index (κ1) is 9.70. The lowest BCUT2D eigenvalue weighted by Gasteiger charge is -2.13. The lowest BCUT2D eigenvalue weighted by molar-refractivity contribution is -0.107. The van der Waals surface area contributed by atoms with E-state index in [1.54, 1.807) is 6.08 Å². The molecule has 0 heterocycles. The monoisotopic (exact) mass is 160 g/mol. The molecule has 0 aromatic heterocycles. The van der Waals surface area contributed by atoms with Crippen LogP contribution in [0.2, 0.25) is 0 Å². The maximum absolute atomic E-state index is 10.2. The average Bonchev–Trinajstić information content (AvgIpc) is 1.59. The van der Waals surface area contributed by atoms with Crippen LogP contribution in [0.25, 0.3) is 0 Å². The zero-order chi connectivity index (χ0) is 8.20. The Hall–Kier alpha value is -0.300. The van der Waals surface area contributed by atoms with Crippen LogP contribution in [0.15, 0.2) is 12.2 Å². The van der Waals surface area contributed by atoms with Gasteiger partial charge in [0.15, 0.2) is 0 Å². The Labute approximate surface area is 67.1 Å². The third-order valence-corrected chi connectivity index (χ3v) is 1.11. The first-order valence-corrected chi connectivity index (χ1v) is 3.65. The fourth-order valence-electron chi connectivity index (χ4n) is 0.505. The van der Waals surface area contributed by atoms with Gasteiger partial charge in [-0.05, 0) is 29.5 Å². The highest BCUT2D eigenvalue weighted by molar-refractivity contribution is 6.66. The van der Waals surface area contributed by atoms with E-state index in [9.17, 15) is 4.79 Å². The lowest BCUT2D eigenvalue weighted by Crippen LogP contribution is -2.01. The van der Waals surface area contributed by atoms with Gasteiger partial charge in [0.2, 0.25) is 5.24 Å². The molecule has 0 amide bonds. The molecule has 0 unspecified atom stereocenters. The van der Waals surface area contributed by atoms with Crippen LogP contribution in [0.4, 0.5) is 0 Å². The summed E-state index contributed by atoms with van der Waals surface area (Å²) in [5.74, 6) is 0. The van der Waals surface area contributed by atoms with Gasteiger partial charge < -0.3 is 0 Å². The zero-order valence-corrected chi connectivity index (χ0v) is 7.40. The van der Waals surface area contributed by atoms with Crippen LogP contribution in [0, 0.1) is 5.41 Å². The number of carbonyl (C=O) groups is 1. The van der Waals surface area contributed by atoms with Gasteiger partial charge >= 0.3 is 0 Å². The smallest absolute Gasteiger partial charge is 0.244 e. The van der Waals surface area contributed by atoms with Gasteiger partial charge in [-0.15, -0.1) is 0 Å². The first-order valence-electron chi connectivity index (χ1n) is 3.28. The Kier molecular flexibility index (Phi) is 3.66. The van der Waals surface area contributed by atoms with Crippen molar-refractivity contribution in [2.24, 2.45) is 5.41 Å². The summed E-state index contributed by atoms with van der Waals surface area (Å²) >= 11 is 5.08. The van der Waals surface area contributed by atoms with Gasteiger partial charge in [-0.1, -0.05) is 26.8 Å². The predicted molar refractivity (Wildman–Crippen MR) is 44.1 cm³/mol. The molecule has 2 heteroatoms. The maximum atomic E-state index is 10.2. The third-order valence-electron chi connectivity index (χ3n) is 0.979. The van der Waals surface area contributed by atoms with Gasteiger partial charge in [0.25, 0.3) is 0 Å². The largest absolute Gasteiger partial charge is 0.276 e. The molecule has 0 aliphatic carbocycles. The summed E-state index contributed by atoms with van der Waals surface area (Å²) in [5.41, 5.74) is 0.239. The van der Waals surface area contributed by atoms with Gasteiger partial charge in [-0.3, -0.25) is 4.79 Å². The van der Waals surface area contributed by atoms with Crippen LogP contribution < -0.4 is 0 Å². The van der Waals surface area contributed by atoms with E-state index in [1.807, 2.05) is 0 Å². The number of allylic oxidation sites excluding steroid dienone is 2. The first-order chi connectivity index (χ1) is 4.42. The Morgan fingerprint density at radius 1 is 1.50 bits per heavy atom. The lowest BCUT2D eigenvalue weighted by atomic mass is 9.92. The number of carbonyl (C=O) groups excluding carboxylic acids is 1. The van der Waals surface area contributed by atoms with Gasteiger partial charge in [-0.2, -0.15) is 0 Å². The third kappa shape index (κ3) is 7.70.